The van der Waals surface area contributed by atoms with Crippen molar-refractivity contribution in [1.29, 1.82) is 0 Å². The van der Waals surface area contributed by atoms with Gasteiger partial charge in [-0.15, -0.1) is 0 Å². The van der Waals surface area contributed by atoms with Crippen LogP contribution in [-0.2, 0) is 5.41 Å². The molecule has 0 spiro atoms. The fraction of sp³-hybridized carbons (Fsp3) is 0.111. The quantitative estimate of drug-likeness (QED) is 0.372. The first kappa shape index (κ1) is 19.4. The first-order valence-electron chi connectivity index (χ1n) is 10.9. The lowest BCUT2D eigenvalue weighted by atomic mass is 9.84. The number of rotatable bonds is 4. The average Bonchev–Trinajstić information content (AvgIpc) is 3.49. The molecule has 4 heterocycles. The van der Waals surface area contributed by atoms with Gasteiger partial charge in [-0.1, -0.05) is 36.4 Å². The van der Waals surface area contributed by atoms with E-state index in [9.17, 15) is 0 Å². The molecule has 6 rings (SSSR count). The molecule has 160 valence electrons. The number of hydrogen-bond acceptors (Lipinski definition) is 4. The summed E-state index contributed by atoms with van der Waals surface area (Å²) in [6, 6.07) is 28.4. The molecular formula is C27H22N6. The van der Waals surface area contributed by atoms with Crippen LogP contribution >= 0.6 is 0 Å². The van der Waals surface area contributed by atoms with E-state index in [1.807, 2.05) is 82.5 Å². The van der Waals surface area contributed by atoms with Gasteiger partial charge in [-0.3, -0.25) is 9.13 Å². The second-order valence-corrected chi connectivity index (χ2v) is 8.59. The molecule has 6 heteroatoms. The van der Waals surface area contributed by atoms with Gasteiger partial charge in [-0.2, -0.15) is 0 Å². The first-order chi connectivity index (χ1) is 16.1. The fourth-order valence-corrected chi connectivity index (χ4v) is 4.23. The standard InChI is InChI=1S/C27H22N6/c1-27(2,23-13-7-15-25(30-23)32-17-28-19-9-3-5-11-21(19)32)24-14-8-16-26(31-24)33-18-29-20-10-4-6-12-22(20)33/h3-18H,1-2H3. The molecule has 0 aliphatic carbocycles. The number of nitrogens with zero attached hydrogens (tertiary/aromatic N) is 6. The molecule has 0 bridgehead atoms. The molecule has 0 aliphatic rings. The van der Waals surface area contributed by atoms with Gasteiger partial charge in [0.05, 0.1) is 33.5 Å². The molecule has 2 aromatic carbocycles. The van der Waals surface area contributed by atoms with Crippen molar-refractivity contribution in [1.82, 2.24) is 29.1 Å². The van der Waals surface area contributed by atoms with E-state index in [4.69, 9.17) is 9.97 Å². The van der Waals surface area contributed by atoms with Crippen molar-refractivity contribution in [2.75, 3.05) is 0 Å². The van der Waals surface area contributed by atoms with E-state index >= 15 is 0 Å². The number of benzene rings is 2. The van der Waals surface area contributed by atoms with Crippen molar-refractivity contribution in [3.63, 3.8) is 0 Å². The maximum atomic E-state index is 5.02. The summed E-state index contributed by atoms with van der Waals surface area (Å²) in [5.74, 6) is 1.68. The van der Waals surface area contributed by atoms with Crippen LogP contribution in [0.15, 0.2) is 97.6 Å². The van der Waals surface area contributed by atoms with E-state index in [1.165, 1.54) is 0 Å². The normalized spacial score (nSPS) is 11.9. The van der Waals surface area contributed by atoms with Gasteiger partial charge in [0.15, 0.2) is 0 Å². The Bertz CT molecular complexity index is 1490. The van der Waals surface area contributed by atoms with E-state index in [0.717, 1.165) is 45.1 Å². The topological polar surface area (TPSA) is 61.4 Å². The Balaban J connectivity index is 1.42. The van der Waals surface area contributed by atoms with Gasteiger partial charge in [0.2, 0.25) is 0 Å². The smallest absolute Gasteiger partial charge is 0.138 e. The van der Waals surface area contributed by atoms with E-state index in [2.05, 4.69) is 48.1 Å². The third kappa shape index (κ3) is 3.19. The Labute approximate surface area is 191 Å². The van der Waals surface area contributed by atoms with Crippen LogP contribution in [0.1, 0.15) is 25.2 Å². The average molecular weight is 431 g/mol. The lowest BCUT2D eigenvalue weighted by molar-refractivity contribution is 0.592. The molecule has 0 unspecified atom stereocenters. The highest BCUT2D eigenvalue weighted by molar-refractivity contribution is 5.77. The highest BCUT2D eigenvalue weighted by Gasteiger charge is 2.27. The van der Waals surface area contributed by atoms with Crippen molar-refractivity contribution < 1.29 is 0 Å². The molecule has 0 N–H and O–H groups in total. The lowest BCUT2D eigenvalue weighted by Crippen LogP contribution is -2.23. The predicted octanol–water partition coefficient (Wildman–Crippen LogP) is 5.48. The summed E-state index contributed by atoms with van der Waals surface area (Å²) in [5.41, 5.74) is 5.45. The Hall–Kier alpha value is -4.32. The zero-order chi connectivity index (χ0) is 22.4. The van der Waals surface area contributed by atoms with Crippen LogP contribution in [-0.4, -0.2) is 29.1 Å². The van der Waals surface area contributed by atoms with Gasteiger partial charge in [0.25, 0.3) is 0 Å². The minimum Gasteiger partial charge on any atom is -0.283 e. The van der Waals surface area contributed by atoms with Gasteiger partial charge in [-0.25, -0.2) is 19.9 Å². The summed E-state index contributed by atoms with van der Waals surface area (Å²) < 4.78 is 4.05. The van der Waals surface area contributed by atoms with Gasteiger partial charge < -0.3 is 0 Å². The summed E-state index contributed by atoms with van der Waals surface area (Å²) in [6.45, 7) is 4.31. The zero-order valence-electron chi connectivity index (χ0n) is 18.4. The molecule has 33 heavy (non-hydrogen) atoms. The molecule has 0 atom stereocenters. The molecule has 6 aromatic rings. The van der Waals surface area contributed by atoms with Crippen LogP contribution in [0.4, 0.5) is 0 Å². The summed E-state index contributed by atoms with van der Waals surface area (Å²) in [6.07, 6.45) is 3.65. The van der Waals surface area contributed by atoms with Crippen molar-refractivity contribution in [2.45, 2.75) is 19.3 Å². The minimum absolute atomic E-state index is 0.404. The third-order valence-corrected chi connectivity index (χ3v) is 6.15. The minimum atomic E-state index is -0.404. The maximum Gasteiger partial charge on any atom is 0.138 e. The van der Waals surface area contributed by atoms with E-state index in [0.29, 0.717) is 0 Å². The molecule has 0 fully saturated rings. The third-order valence-electron chi connectivity index (χ3n) is 6.15. The zero-order valence-corrected chi connectivity index (χ0v) is 18.4. The number of para-hydroxylation sites is 4. The number of aromatic nitrogens is 6. The maximum absolute atomic E-state index is 5.02. The van der Waals surface area contributed by atoms with Crippen LogP contribution < -0.4 is 0 Å². The van der Waals surface area contributed by atoms with E-state index in [1.54, 1.807) is 0 Å². The van der Waals surface area contributed by atoms with Crippen molar-refractivity contribution in [3.05, 3.63) is 109 Å². The molecule has 4 aromatic heterocycles. The van der Waals surface area contributed by atoms with Crippen LogP contribution in [0.2, 0.25) is 0 Å². The highest BCUT2D eigenvalue weighted by atomic mass is 15.1. The molecule has 0 saturated heterocycles. The van der Waals surface area contributed by atoms with Crippen molar-refractivity contribution in [3.8, 4) is 11.6 Å². The fourth-order valence-electron chi connectivity index (χ4n) is 4.23. The molecule has 0 radical (unpaired) electrons. The number of imidazole rings is 2. The summed E-state index contributed by atoms with van der Waals surface area (Å²) in [4.78, 5) is 19.1. The Morgan fingerprint density at radius 1 is 0.545 bits per heavy atom. The van der Waals surface area contributed by atoms with Gasteiger partial charge in [0.1, 0.15) is 24.3 Å². The summed E-state index contributed by atoms with van der Waals surface area (Å²) >= 11 is 0. The molecule has 6 nitrogen and oxygen atoms in total. The van der Waals surface area contributed by atoms with Crippen molar-refractivity contribution in [2.24, 2.45) is 0 Å². The second-order valence-electron chi connectivity index (χ2n) is 8.59. The van der Waals surface area contributed by atoms with Crippen LogP contribution in [0.5, 0.6) is 0 Å². The Kier molecular flexibility index (Phi) is 4.33. The largest absolute Gasteiger partial charge is 0.283 e. The Morgan fingerprint density at radius 3 is 1.48 bits per heavy atom. The van der Waals surface area contributed by atoms with E-state index < -0.39 is 5.41 Å². The van der Waals surface area contributed by atoms with Crippen molar-refractivity contribution >= 4 is 22.1 Å². The highest BCUT2D eigenvalue weighted by Crippen LogP contribution is 2.30. The second kappa shape index (κ2) is 7.38. The lowest BCUT2D eigenvalue weighted by Gasteiger charge is -2.25. The van der Waals surface area contributed by atoms with Crippen LogP contribution in [0.25, 0.3) is 33.7 Å². The number of hydrogen-bond donors (Lipinski definition) is 0. The monoisotopic (exact) mass is 430 g/mol. The van der Waals surface area contributed by atoms with Gasteiger partial charge in [0, 0.05) is 5.41 Å². The summed E-state index contributed by atoms with van der Waals surface area (Å²) in [5, 5.41) is 0. The molecular weight excluding hydrogens is 408 g/mol. The van der Waals surface area contributed by atoms with E-state index in [-0.39, 0.29) is 0 Å². The SMILES string of the molecule is CC(C)(c1cccc(-n2cnc3ccccc32)n1)c1cccc(-n2cnc3ccccc32)n1. The first-order valence-corrected chi connectivity index (χ1v) is 10.9. The van der Waals surface area contributed by atoms with Crippen LogP contribution in [0, 0.1) is 0 Å². The molecule has 0 saturated carbocycles. The predicted molar refractivity (Wildman–Crippen MR) is 130 cm³/mol. The molecule has 0 amide bonds. The molecule has 0 aliphatic heterocycles. The van der Waals surface area contributed by atoms with Gasteiger partial charge >= 0.3 is 0 Å². The summed E-state index contributed by atoms with van der Waals surface area (Å²) in [7, 11) is 0. The Morgan fingerprint density at radius 2 is 1.00 bits per heavy atom. The number of fused-ring (bicyclic) bond motifs is 2. The van der Waals surface area contributed by atoms with Crippen LogP contribution in [0.3, 0.4) is 0 Å². The number of pyridine rings is 2. The van der Waals surface area contributed by atoms with Gasteiger partial charge in [-0.05, 0) is 62.4 Å².